The molecule has 152 valence electrons. The van der Waals surface area contributed by atoms with Crippen LogP contribution in [0.4, 0.5) is 0 Å². The molecule has 1 saturated heterocycles. The Morgan fingerprint density at radius 3 is 2.63 bits per heavy atom. The van der Waals surface area contributed by atoms with Crippen LogP contribution in [0.15, 0.2) is 29.3 Å². The molecule has 0 saturated carbocycles. The summed E-state index contributed by atoms with van der Waals surface area (Å²) in [5.41, 5.74) is 1.51. The normalized spacial score (nSPS) is 18.4. The molecule has 7 nitrogen and oxygen atoms in total. The predicted molar refractivity (Wildman–Crippen MR) is 120 cm³/mol. The van der Waals surface area contributed by atoms with Gasteiger partial charge in [-0.25, -0.2) is 13.4 Å². The molecule has 1 amide bonds. The number of halogens is 1. The first-order valence-electron chi connectivity index (χ1n) is 8.77. The SMILES string of the molecule is CCNC(=NCc1cccc(C(=O)NC)c1)N1CCS(=O)(=O)C(C)(C)C1.I. The number of carbonyl (C=O) groups excluding carboxylic acids is 1. The minimum atomic E-state index is -3.10. The Morgan fingerprint density at radius 2 is 2.04 bits per heavy atom. The van der Waals surface area contributed by atoms with Gasteiger partial charge in [-0.3, -0.25) is 4.79 Å². The Labute approximate surface area is 178 Å². The van der Waals surface area contributed by atoms with Gasteiger partial charge in [0.25, 0.3) is 5.91 Å². The molecule has 2 rings (SSSR count). The summed E-state index contributed by atoms with van der Waals surface area (Å²) in [7, 11) is -1.50. The molecule has 1 aromatic rings. The van der Waals surface area contributed by atoms with Crippen LogP contribution < -0.4 is 10.6 Å². The van der Waals surface area contributed by atoms with Crippen molar-refractivity contribution >= 4 is 45.7 Å². The molecule has 0 atom stereocenters. The van der Waals surface area contributed by atoms with Crippen LogP contribution in [0.2, 0.25) is 0 Å². The van der Waals surface area contributed by atoms with E-state index in [4.69, 9.17) is 0 Å². The van der Waals surface area contributed by atoms with Crippen LogP contribution in [0.5, 0.6) is 0 Å². The molecule has 0 radical (unpaired) electrons. The lowest BCUT2D eigenvalue weighted by Gasteiger charge is -2.39. The third-order valence-corrected chi connectivity index (χ3v) is 7.04. The number of guanidine groups is 1. The number of carbonyl (C=O) groups is 1. The smallest absolute Gasteiger partial charge is 0.251 e. The highest BCUT2D eigenvalue weighted by atomic mass is 127. The summed E-state index contributed by atoms with van der Waals surface area (Å²) in [6.45, 7) is 7.43. The van der Waals surface area contributed by atoms with Crippen molar-refractivity contribution < 1.29 is 13.2 Å². The maximum Gasteiger partial charge on any atom is 0.251 e. The van der Waals surface area contributed by atoms with Crippen molar-refractivity contribution in [2.45, 2.75) is 32.1 Å². The van der Waals surface area contributed by atoms with E-state index in [0.29, 0.717) is 37.7 Å². The molecule has 0 aromatic heterocycles. The van der Waals surface area contributed by atoms with Gasteiger partial charge in [-0.15, -0.1) is 24.0 Å². The zero-order valence-electron chi connectivity index (χ0n) is 16.3. The Kier molecular flexibility index (Phi) is 8.52. The molecule has 0 bridgehead atoms. The van der Waals surface area contributed by atoms with Gasteiger partial charge < -0.3 is 15.5 Å². The van der Waals surface area contributed by atoms with Crippen LogP contribution in [0.25, 0.3) is 0 Å². The summed E-state index contributed by atoms with van der Waals surface area (Å²) in [5, 5.41) is 5.85. The topological polar surface area (TPSA) is 90.9 Å². The van der Waals surface area contributed by atoms with Gasteiger partial charge in [0, 0.05) is 32.2 Å². The van der Waals surface area contributed by atoms with Crippen molar-refractivity contribution in [3.63, 3.8) is 0 Å². The lowest BCUT2D eigenvalue weighted by Crippen LogP contribution is -2.57. The number of rotatable bonds is 4. The first-order chi connectivity index (χ1) is 12.2. The average Bonchev–Trinajstić information content (AvgIpc) is 2.60. The van der Waals surface area contributed by atoms with Gasteiger partial charge in [0.1, 0.15) is 0 Å². The summed E-state index contributed by atoms with van der Waals surface area (Å²) in [6.07, 6.45) is 0. The molecule has 1 aromatic carbocycles. The molecule has 0 spiro atoms. The molecule has 27 heavy (non-hydrogen) atoms. The third-order valence-electron chi connectivity index (χ3n) is 4.51. The second-order valence-electron chi connectivity index (χ2n) is 6.95. The Hall–Kier alpha value is -1.36. The van der Waals surface area contributed by atoms with Crippen molar-refractivity contribution in [1.29, 1.82) is 0 Å². The number of hydrogen-bond donors (Lipinski definition) is 2. The minimum absolute atomic E-state index is 0. The summed E-state index contributed by atoms with van der Waals surface area (Å²) in [6, 6.07) is 7.33. The van der Waals surface area contributed by atoms with Crippen molar-refractivity contribution in [3.8, 4) is 0 Å². The number of aliphatic imine (C=N–C) groups is 1. The average molecular weight is 508 g/mol. The van der Waals surface area contributed by atoms with Gasteiger partial charge in [0.15, 0.2) is 15.8 Å². The van der Waals surface area contributed by atoms with Crippen molar-refractivity contribution in [2.75, 3.05) is 32.4 Å². The van der Waals surface area contributed by atoms with E-state index in [1.807, 2.05) is 30.0 Å². The largest absolute Gasteiger partial charge is 0.357 e. The number of benzene rings is 1. The lowest BCUT2D eigenvalue weighted by atomic mass is 10.1. The van der Waals surface area contributed by atoms with Crippen LogP contribution in [-0.4, -0.2) is 62.4 Å². The van der Waals surface area contributed by atoms with E-state index in [9.17, 15) is 13.2 Å². The zero-order chi connectivity index (χ0) is 19.4. The first-order valence-corrected chi connectivity index (χ1v) is 10.4. The first kappa shape index (κ1) is 23.7. The highest BCUT2D eigenvalue weighted by Crippen LogP contribution is 2.23. The molecule has 0 aliphatic carbocycles. The van der Waals surface area contributed by atoms with Crippen LogP contribution in [0.1, 0.15) is 36.7 Å². The quantitative estimate of drug-likeness (QED) is 0.367. The zero-order valence-corrected chi connectivity index (χ0v) is 19.4. The second-order valence-corrected chi connectivity index (χ2v) is 9.69. The fourth-order valence-corrected chi connectivity index (χ4v) is 4.24. The molecular formula is C18H29IN4O3S. The lowest BCUT2D eigenvalue weighted by molar-refractivity contribution is 0.0963. The van der Waals surface area contributed by atoms with Gasteiger partial charge in [0.2, 0.25) is 0 Å². The number of nitrogens with one attached hydrogen (secondary N) is 2. The maximum absolute atomic E-state index is 12.2. The highest BCUT2D eigenvalue weighted by molar-refractivity contribution is 14.0. The van der Waals surface area contributed by atoms with E-state index in [2.05, 4.69) is 15.6 Å². The standard InChI is InChI=1S/C18H28N4O3S.HI/c1-5-20-17(22-9-10-26(24,25)18(2,3)13-22)21-12-14-7-6-8-15(11-14)16(23)19-4;/h6-8,11H,5,9-10,12-13H2,1-4H3,(H,19,23)(H,20,21);1H. The summed E-state index contributed by atoms with van der Waals surface area (Å²) >= 11 is 0. The maximum atomic E-state index is 12.2. The Bertz CT molecular complexity index is 794. The van der Waals surface area contributed by atoms with E-state index in [1.165, 1.54) is 0 Å². The van der Waals surface area contributed by atoms with E-state index < -0.39 is 14.6 Å². The molecular weight excluding hydrogens is 479 g/mol. The predicted octanol–water partition coefficient (Wildman–Crippen LogP) is 1.64. The summed E-state index contributed by atoms with van der Waals surface area (Å²) < 4.78 is 23.6. The van der Waals surface area contributed by atoms with E-state index in [-0.39, 0.29) is 35.6 Å². The van der Waals surface area contributed by atoms with E-state index >= 15 is 0 Å². The fourth-order valence-electron chi connectivity index (χ4n) is 2.87. The number of sulfone groups is 1. The van der Waals surface area contributed by atoms with Crippen LogP contribution in [0.3, 0.4) is 0 Å². The van der Waals surface area contributed by atoms with Crippen molar-refractivity contribution in [1.82, 2.24) is 15.5 Å². The van der Waals surface area contributed by atoms with Gasteiger partial charge >= 0.3 is 0 Å². The number of amides is 1. The molecule has 2 N–H and O–H groups in total. The van der Waals surface area contributed by atoms with Crippen LogP contribution >= 0.6 is 24.0 Å². The fraction of sp³-hybridized carbons (Fsp3) is 0.556. The number of nitrogens with zero attached hydrogens (tertiary/aromatic N) is 2. The van der Waals surface area contributed by atoms with Gasteiger partial charge in [-0.2, -0.15) is 0 Å². The van der Waals surface area contributed by atoms with E-state index in [0.717, 1.165) is 5.56 Å². The summed E-state index contributed by atoms with van der Waals surface area (Å²) in [5.74, 6) is 0.683. The molecule has 9 heteroatoms. The van der Waals surface area contributed by atoms with Gasteiger partial charge in [-0.05, 0) is 38.5 Å². The Morgan fingerprint density at radius 1 is 1.33 bits per heavy atom. The monoisotopic (exact) mass is 508 g/mol. The number of hydrogen-bond acceptors (Lipinski definition) is 4. The highest BCUT2D eigenvalue weighted by Gasteiger charge is 2.40. The van der Waals surface area contributed by atoms with E-state index in [1.54, 1.807) is 27.0 Å². The molecule has 0 unspecified atom stereocenters. The van der Waals surface area contributed by atoms with Crippen LogP contribution in [0, 0.1) is 0 Å². The van der Waals surface area contributed by atoms with Gasteiger partial charge in [-0.1, -0.05) is 12.1 Å². The minimum Gasteiger partial charge on any atom is -0.357 e. The third kappa shape index (κ3) is 5.81. The summed E-state index contributed by atoms with van der Waals surface area (Å²) in [4.78, 5) is 18.4. The second kappa shape index (κ2) is 9.72. The van der Waals surface area contributed by atoms with Crippen molar-refractivity contribution in [2.24, 2.45) is 4.99 Å². The molecule has 1 aliphatic heterocycles. The Balaban J connectivity index is 0.00000364. The molecule has 1 fully saturated rings. The molecule has 1 aliphatic rings. The van der Waals surface area contributed by atoms with Crippen molar-refractivity contribution in [3.05, 3.63) is 35.4 Å². The molecule has 1 heterocycles. The van der Waals surface area contributed by atoms with Gasteiger partial charge in [0.05, 0.1) is 17.0 Å². The van der Waals surface area contributed by atoms with Crippen LogP contribution in [-0.2, 0) is 16.4 Å².